The largest absolute Gasteiger partial charge is 0.379 e. The van der Waals surface area contributed by atoms with Crippen molar-refractivity contribution in [3.05, 3.63) is 59.9 Å². The standard InChI is InChI=1S/C22H25N5O2/c23-21(29)18-13-25-22-17(10-11-24-22)20(18)26-16-7-4-12-27(14-16)19(28)9-8-15-5-2-1-3-6-15/h1-3,5-6,10-11,13,16H,4,7-9,12,14H2,(H2,23,29)(H2,24,25,26). The van der Waals surface area contributed by atoms with Gasteiger partial charge in [-0.3, -0.25) is 9.59 Å². The maximum atomic E-state index is 12.7. The Morgan fingerprint density at radius 1 is 1.24 bits per heavy atom. The molecule has 1 atom stereocenters. The fourth-order valence-corrected chi connectivity index (χ4v) is 3.93. The number of amides is 2. The third kappa shape index (κ3) is 4.23. The van der Waals surface area contributed by atoms with Gasteiger partial charge in [0.25, 0.3) is 5.91 Å². The van der Waals surface area contributed by atoms with Crippen LogP contribution in [0.5, 0.6) is 0 Å². The molecule has 0 saturated carbocycles. The summed E-state index contributed by atoms with van der Waals surface area (Å²) in [5.41, 5.74) is 8.48. The number of hydrogen-bond donors (Lipinski definition) is 3. The maximum absolute atomic E-state index is 12.7. The molecule has 0 bridgehead atoms. The monoisotopic (exact) mass is 391 g/mol. The third-order valence-electron chi connectivity index (χ3n) is 5.44. The first-order valence-corrected chi connectivity index (χ1v) is 9.96. The Morgan fingerprint density at radius 3 is 2.86 bits per heavy atom. The molecular formula is C22H25N5O2. The lowest BCUT2D eigenvalue weighted by molar-refractivity contribution is -0.132. The van der Waals surface area contributed by atoms with Crippen molar-refractivity contribution < 1.29 is 9.59 Å². The average molecular weight is 391 g/mol. The zero-order chi connectivity index (χ0) is 20.2. The summed E-state index contributed by atoms with van der Waals surface area (Å²) in [4.78, 5) is 33.8. The molecule has 1 saturated heterocycles. The molecule has 7 heteroatoms. The van der Waals surface area contributed by atoms with Crippen LogP contribution in [0, 0.1) is 0 Å². The minimum Gasteiger partial charge on any atom is -0.379 e. The quantitative estimate of drug-likeness (QED) is 0.601. The first kappa shape index (κ1) is 19.0. The van der Waals surface area contributed by atoms with Crippen LogP contribution < -0.4 is 11.1 Å². The number of aromatic nitrogens is 2. The molecule has 29 heavy (non-hydrogen) atoms. The SMILES string of the molecule is NC(=O)c1cnc2[nH]ccc2c1NC1CCCN(C(=O)CCc2ccccc2)C1. The molecule has 7 nitrogen and oxygen atoms in total. The number of aryl methyl sites for hydroxylation is 1. The van der Waals surface area contributed by atoms with E-state index in [1.807, 2.05) is 41.3 Å². The van der Waals surface area contributed by atoms with E-state index in [-0.39, 0.29) is 11.9 Å². The van der Waals surface area contributed by atoms with Gasteiger partial charge in [0.05, 0.1) is 11.3 Å². The topological polar surface area (TPSA) is 104 Å². The van der Waals surface area contributed by atoms with E-state index in [1.165, 1.54) is 11.8 Å². The van der Waals surface area contributed by atoms with E-state index >= 15 is 0 Å². The number of carbonyl (C=O) groups excluding carboxylic acids is 2. The number of benzene rings is 1. The Hall–Kier alpha value is -3.35. The lowest BCUT2D eigenvalue weighted by Gasteiger charge is -2.34. The predicted octanol–water partition coefficient (Wildman–Crippen LogP) is 2.70. The molecule has 0 radical (unpaired) electrons. The van der Waals surface area contributed by atoms with Crippen molar-refractivity contribution in [3.8, 4) is 0 Å². The number of likely N-dealkylation sites (tertiary alicyclic amines) is 1. The van der Waals surface area contributed by atoms with Gasteiger partial charge in [0, 0.05) is 43.3 Å². The molecule has 2 amide bonds. The Bertz CT molecular complexity index is 1010. The zero-order valence-electron chi connectivity index (χ0n) is 16.2. The fraction of sp³-hybridized carbons (Fsp3) is 0.318. The Morgan fingerprint density at radius 2 is 2.07 bits per heavy atom. The van der Waals surface area contributed by atoms with Crippen LogP contribution >= 0.6 is 0 Å². The highest BCUT2D eigenvalue weighted by Gasteiger charge is 2.25. The Kier molecular flexibility index (Phi) is 5.46. The molecule has 150 valence electrons. The van der Waals surface area contributed by atoms with E-state index in [2.05, 4.69) is 15.3 Å². The van der Waals surface area contributed by atoms with Crippen LogP contribution in [0.4, 0.5) is 5.69 Å². The minimum atomic E-state index is -0.519. The van der Waals surface area contributed by atoms with Crippen LogP contribution in [0.3, 0.4) is 0 Å². The van der Waals surface area contributed by atoms with Crippen molar-refractivity contribution in [1.82, 2.24) is 14.9 Å². The number of hydrogen-bond acceptors (Lipinski definition) is 4. The molecule has 3 heterocycles. The van der Waals surface area contributed by atoms with Crippen molar-refractivity contribution in [3.63, 3.8) is 0 Å². The number of carbonyl (C=O) groups is 2. The second kappa shape index (κ2) is 8.34. The van der Waals surface area contributed by atoms with Crippen molar-refractivity contribution in [2.45, 2.75) is 31.7 Å². The number of pyridine rings is 1. The molecule has 1 unspecified atom stereocenters. The molecule has 1 aliphatic heterocycles. The fourth-order valence-electron chi connectivity index (χ4n) is 3.93. The lowest BCUT2D eigenvalue weighted by Crippen LogP contribution is -2.45. The lowest BCUT2D eigenvalue weighted by atomic mass is 10.0. The molecule has 4 rings (SSSR count). The van der Waals surface area contributed by atoms with Crippen LogP contribution in [-0.2, 0) is 11.2 Å². The van der Waals surface area contributed by atoms with Gasteiger partial charge in [0.2, 0.25) is 5.91 Å². The normalized spacial score (nSPS) is 16.7. The first-order chi connectivity index (χ1) is 14.1. The van der Waals surface area contributed by atoms with Gasteiger partial charge < -0.3 is 20.9 Å². The van der Waals surface area contributed by atoms with Gasteiger partial charge in [-0.1, -0.05) is 30.3 Å². The number of fused-ring (bicyclic) bond motifs is 1. The second-order valence-corrected chi connectivity index (χ2v) is 7.46. The van der Waals surface area contributed by atoms with Crippen LogP contribution in [0.1, 0.15) is 35.2 Å². The molecule has 0 aliphatic carbocycles. The van der Waals surface area contributed by atoms with Crippen molar-refractivity contribution in [2.75, 3.05) is 18.4 Å². The summed E-state index contributed by atoms with van der Waals surface area (Å²) in [5.74, 6) is -0.355. The van der Waals surface area contributed by atoms with Gasteiger partial charge >= 0.3 is 0 Å². The predicted molar refractivity (Wildman–Crippen MR) is 113 cm³/mol. The van der Waals surface area contributed by atoms with Gasteiger partial charge in [0.1, 0.15) is 5.65 Å². The molecule has 1 aromatic carbocycles. The number of piperidine rings is 1. The van der Waals surface area contributed by atoms with E-state index in [1.54, 1.807) is 6.20 Å². The maximum Gasteiger partial charge on any atom is 0.252 e. The van der Waals surface area contributed by atoms with Gasteiger partial charge in [-0.05, 0) is 30.9 Å². The van der Waals surface area contributed by atoms with E-state index in [0.717, 1.165) is 31.2 Å². The summed E-state index contributed by atoms with van der Waals surface area (Å²) < 4.78 is 0. The van der Waals surface area contributed by atoms with Crippen LogP contribution in [0.2, 0.25) is 0 Å². The summed E-state index contributed by atoms with van der Waals surface area (Å²) >= 11 is 0. The summed E-state index contributed by atoms with van der Waals surface area (Å²) in [5, 5.41) is 4.29. The molecule has 1 aliphatic rings. The number of nitrogens with two attached hydrogens (primary N) is 1. The summed E-state index contributed by atoms with van der Waals surface area (Å²) in [6.07, 6.45) is 6.37. The first-order valence-electron chi connectivity index (χ1n) is 9.96. The van der Waals surface area contributed by atoms with E-state index in [4.69, 9.17) is 5.73 Å². The highest BCUT2D eigenvalue weighted by atomic mass is 16.2. The van der Waals surface area contributed by atoms with Crippen molar-refractivity contribution in [2.24, 2.45) is 5.73 Å². The number of nitrogens with zero attached hydrogens (tertiary/aromatic N) is 2. The Labute approximate surface area is 169 Å². The van der Waals surface area contributed by atoms with E-state index < -0.39 is 5.91 Å². The van der Waals surface area contributed by atoms with E-state index in [0.29, 0.717) is 29.9 Å². The number of aromatic amines is 1. The third-order valence-corrected chi connectivity index (χ3v) is 5.44. The average Bonchev–Trinajstić information content (AvgIpc) is 3.22. The highest BCUT2D eigenvalue weighted by molar-refractivity contribution is 6.06. The molecule has 2 aromatic heterocycles. The molecule has 3 aromatic rings. The number of H-pyrrole nitrogens is 1. The van der Waals surface area contributed by atoms with Crippen molar-refractivity contribution in [1.29, 1.82) is 0 Å². The van der Waals surface area contributed by atoms with Crippen LogP contribution in [-0.4, -0.2) is 45.8 Å². The zero-order valence-corrected chi connectivity index (χ0v) is 16.2. The number of primary amides is 1. The van der Waals surface area contributed by atoms with Gasteiger partial charge in [-0.15, -0.1) is 0 Å². The van der Waals surface area contributed by atoms with Gasteiger partial charge in [-0.2, -0.15) is 0 Å². The van der Waals surface area contributed by atoms with Crippen LogP contribution in [0.15, 0.2) is 48.8 Å². The number of anilines is 1. The number of nitrogens with one attached hydrogen (secondary N) is 2. The highest BCUT2D eigenvalue weighted by Crippen LogP contribution is 2.27. The number of rotatable bonds is 6. The van der Waals surface area contributed by atoms with Gasteiger partial charge in [-0.25, -0.2) is 4.98 Å². The minimum absolute atomic E-state index is 0.0584. The molecule has 0 spiro atoms. The summed E-state index contributed by atoms with van der Waals surface area (Å²) in [6, 6.07) is 12.0. The Balaban J connectivity index is 1.44. The van der Waals surface area contributed by atoms with E-state index in [9.17, 15) is 9.59 Å². The molecular weight excluding hydrogens is 366 g/mol. The summed E-state index contributed by atoms with van der Waals surface area (Å²) in [7, 11) is 0. The second-order valence-electron chi connectivity index (χ2n) is 7.46. The smallest absolute Gasteiger partial charge is 0.252 e. The molecule has 4 N–H and O–H groups in total. The van der Waals surface area contributed by atoms with Crippen molar-refractivity contribution >= 4 is 28.5 Å². The van der Waals surface area contributed by atoms with Gasteiger partial charge in [0.15, 0.2) is 0 Å². The van der Waals surface area contributed by atoms with Crippen LogP contribution in [0.25, 0.3) is 11.0 Å². The molecule has 1 fully saturated rings. The summed E-state index contributed by atoms with van der Waals surface area (Å²) in [6.45, 7) is 1.38.